The van der Waals surface area contributed by atoms with Gasteiger partial charge in [-0.15, -0.1) is 0 Å². The largest absolute Gasteiger partial charge is 0.312 e. The maximum atomic E-state index is 3.47. The van der Waals surface area contributed by atoms with Gasteiger partial charge in [0.15, 0.2) is 0 Å². The van der Waals surface area contributed by atoms with Gasteiger partial charge in [0.2, 0.25) is 0 Å². The second-order valence-corrected chi connectivity index (χ2v) is 5.87. The molecule has 1 aromatic rings. The molecule has 0 aliphatic heterocycles. The Morgan fingerprint density at radius 1 is 1.16 bits per heavy atom. The Hall–Kier alpha value is -0.860. The predicted molar refractivity (Wildman–Crippen MR) is 84.5 cm³/mol. The average Bonchev–Trinajstić information content (AvgIpc) is 2.41. The molecule has 0 aliphatic carbocycles. The molecule has 0 saturated heterocycles. The second kappa shape index (κ2) is 7.66. The minimum absolute atomic E-state index is 0.384. The van der Waals surface area contributed by atoms with Crippen molar-refractivity contribution in [1.82, 2.24) is 10.2 Å². The highest BCUT2D eigenvalue weighted by Crippen LogP contribution is 2.21. The molecule has 0 bridgehead atoms. The summed E-state index contributed by atoms with van der Waals surface area (Å²) in [6.45, 7) is 10.2. The van der Waals surface area contributed by atoms with E-state index in [1.165, 1.54) is 17.5 Å². The van der Waals surface area contributed by atoms with Crippen LogP contribution in [0.1, 0.15) is 44.4 Å². The molecule has 0 aliphatic rings. The molecule has 1 N–H and O–H groups in total. The van der Waals surface area contributed by atoms with Crippen LogP contribution in [0.5, 0.6) is 0 Å². The zero-order chi connectivity index (χ0) is 14.4. The highest BCUT2D eigenvalue weighted by molar-refractivity contribution is 5.25. The van der Waals surface area contributed by atoms with Crippen LogP contribution in [0.25, 0.3) is 0 Å². The molecule has 3 atom stereocenters. The third-order valence-electron chi connectivity index (χ3n) is 4.22. The molecular formula is C17H30N2. The predicted octanol–water partition coefficient (Wildman–Crippen LogP) is 3.62. The summed E-state index contributed by atoms with van der Waals surface area (Å²) < 4.78 is 0. The zero-order valence-electron chi connectivity index (χ0n) is 13.4. The molecular weight excluding hydrogens is 232 g/mol. The number of rotatable bonds is 7. The van der Waals surface area contributed by atoms with Gasteiger partial charge < -0.3 is 10.2 Å². The quantitative estimate of drug-likeness (QED) is 0.807. The third kappa shape index (κ3) is 4.63. The van der Waals surface area contributed by atoms with E-state index in [0.29, 0.717) is 12.1 Å². The lowest BCUT2D eigenvalue weighted by Gasteiger charge is -2.33. The van der Waals surface area contributed by atoms with Gasteiger partial charge in [-0.05, 0) is 39.4 Å². The molecule has 0 saturated carbocycles. The molecule has 19 heavy (non-hydrogen) atoms. The first-order valence-corrected chi connectivity index (χ1v) is 7.43. The van der Waals surface area contributed by atoms with Crippen LogP contribution in [0.2, 0.25) is 0 Å². The fourth-order valence-electron chi connectivity index (χ4n) is 2.50. The smallest absolute Gasteiger partial charge is 0.0472 e. The third-order valence-corrected chi connectivity index (χ3v) is 4.22. The normalized spacial score (nSPS) is 16.4. The van der Waals surface area contributed by atoms with Crippen molar-refractivity contribution < 1.29 is 0 Å². The van der Waals surface area contributed by atoms with Crippen LogP contribution in [0.3, 0.4) is 0 Å². The van der Waals surface area contributed by atoms with Gasteiger partial charge >= 0.3 is 0 Å². The van der Waals surface area contributed by atoms with Gasteiger partial charge in [0, 0.05) is 18.6 Å². The molecule has 0 spiro atoms. The fraction of sp³-hybridized carbons (Fsp3) is 0.647. The minimum atomic E-state index is 0.384. The lowest BCUT2D eigenvalue weighted by molar-refractivity contribution is 0.185. The van der Waals surface area contributed by atoms with E-state index >= 15 is 0 Å². The van der Waals surface area contributed by atoms with E-state index in [1.807, 2.05) is 0 Å². The SMILES string of the molecule is CCC(C)CN(C)C(C)C(NC)c1ccc(C)cc1. The summed E-state index contributed by atoms with van der Waals surface area (Å²) >= 11 is 0. The summed E-state index contributed by atoms with van der Waals surface area (Å²) in [6.07, 6.45) is 1.24. The molecule has 0 aromatic heterocycles. The molecule has 2 heteroatoms. The summed E-state index contributed by atoms with van der Waals surface area (Å²) in [5.74, 6) is 0.753. The molecule has 0 amide bonds. The number of nitrogens with zero attached hydrogens (tertiary/aromatic N) is 1. The van der Waals surface area contributed by atoms with Crippen LogP contribution < -0.4 is 5.32 Å². The number of aryl methyl sites for hydroxylation is 1. The van der Waals surface area contributed by atoms with E-state index < -0.39 is 0 Å². The first kappa shape index (κ1) is 16.2. The maximum Gasteiger partial charge on any atom is 0.0472 e. The standard InChI is InChI=1S/C17H30N2/c1-7-13(2)12-19(6)15(4)17(18-5)16-10-8-14(3)9-11-16/h8-11,13,15,17-18H,7,12H2,1-6H3. The highest BCUT2D eigenvalue weighted by Gasteiger charge is 2.21. The van der Waals surface area contributed by atoms with E-state index in [2.05, 4.69) is 76.3 Å². The number of hydrogen-bond acceptors (Lipinski definition) is 2. The van der Waals surface area contributed by atoms with E-state index in [1.54, 1.807) is 0 Å². The first-order chi connectivity index (χ1) is 8.99. The monoisotopic (exact) mass is 262 g/mol. The number of benzene rings is 1. The van der Waals surface area contributed by atoms with Crippen LogP contribution in [0, 0.1) is 12.8 Å². The van der Waals surface area contributed by atoms with Crippen molar-refractivity contribution >= 4 is 0 Å². The molecule has 108 valence electrons. The highest BCUT2D eigenvalue weighted by atomic mass is 15.2. The lowest BCUT2D eigenvalue weighted by atomic mass is 9.97. The Balaban J connectivity index is 2.75. The second-order valence-electron chi connectivity index (χ2n) is 5.87. The van der Waals surface area contributed by atoms with Gasteiger partial charge in [0.25, 0.3) is 0 Å². The van der Waals surface area contributed by atoms with Crippen LogP contribution in [-0.4, -0.2) is 31.6 Å². The Bertz CT molecular complexity index is 358. The number of hydrogen-bond donors (Lipinski definition) is 1. The number of likely N-dealkylation sites (N-methyl/N-ethyl adjacent to an activating group) is 2. The van der Waals surface area contributed by atoms with Gasteiger partial charge in [-0.3, -0.25) is 0 Å². The molecule has 0 fully saturated rings. The van der Waals surface area contributed by atoms with Gasteiger partial charge in [-0.1, -0.05) is 50.1 Å². The van der Waals surface area contributed by atoms with Gasteiger partial charge in [-0.25, -0.2) is 0 Å². The zero-order valence-corrected chi connectivity index (χ0v) is 13.4. The topological polar surface area (TPSA) is 15.3 Å². The maximum absolute atomic E-state index is 3.47. The van der Waals surface area contributed by atoms with E-state index in [0.717, 1.165) is 12.5 Å². The molecule has 1 aromatic carbocycles. The summed E-state index contributed by atoms with van der Waals surface area (Å²) in [6, 6.07) is 9.74. The first-order valence-electron chi connectivity index (χ1n) is 7.43. The summed E-state index contributed by atoms with van der Waals surface area (Å²) in [7, 11) is 4.29. The molecule has 0 heterocycles. The van der Waals surface area contributed by atoms with Crippen LogP contribution in [-0.2, 0) is 0 Å². The summed E-state index contributed by atoms with van der Waals surface area (Å²) in [5.41, 5.74) is 2.69. The Morgan fingerprint density at radius 2 is 1.74 bits per heavy atom. The Morgan fingerprint density at radius 3 is 2.21 bits per heavy atom. The molecule has 0 radical (unpaired) electrons. The van der Waals surface area contributed by atoms with Crippen LogP contribution in [0.15, 0.2) is 24.3 Å². The molecule has 3 unspecified atom stereocenters. The van der Waals surface area contributed by atoms with Crippen LogP contribution in [0.4, 0.5) is 0 Å². The summed E-state index contributed by atoms with van der Waals surface area (Å²) in [5, 5.41) is 3.47. The fourth-order valence-corrected chi connectivity index (χ4v) is 2.50. The number of nitrogens with one attached hydrogen (secondary N) is 1. The Labute approximate surface area is 119 Å². The van der Waals surface area contributed by atoms with Gasteiger partial charge in [-0.2, -0.15) is 0 Å². The van der Waals surface area contributed by atoms with Crippen molar-refractivity contribution in [1.29, 1.82) is 0 Å². The van der Waals surface area contributed by atoms with Crippen molar-refractivity contribution in [3.8, 4) is 0 Å². The van der Waals surface area contributed by atoms with E-state index in [4.69, 9.17) is 0 Å². The van der Waals surface area contributed by atoms with Gasteiger partial charge in [0.05, 0.1) is 0 Å². The Kier molecular flexibility index (Phi) is 6.53. The molecule has 1 rings (SSSR count). The van der Waals surface area contributed by atoms with Crippen molar-refractivity contribution in [2.45, 2.75) is 46.2 Å². The summed E-state index contributed by atoms with van der Waals surface area (Å²) in [4.78, 5) is 2.47. The molecule has 2 nitrogen and oxygen atoms in total. The van der Waals surface area contributed by atoms with Crippen molar-refractivity contribution in [3.63, 3.8) is 0 Å². The van der Waals surface area contributed by atoms with Crippen molar-refractivity contribution in [3.05, 3.63) is 35.4 Å². The van der Waals surface area contributed by atoms with Crippen molar-refractivity contribution in [2.24, 2.45) is 5.92 Å². The van der Waals surface area contributed by atoms with E-state index in [9.17, 15) is 0 Å². The lowest BCUT2D eigenvalue weighted by Crippen LogP contribution is -2.41. The minimum Gasteiger partial charge on any atom is -0.312 e. The van der Waals surface area contributed by atoms with E-state index in [-0.39, 0.29) is 0 Å². The average molecular weight is 262 g/mol. The van der Waals surface area contributed by atoms with Gasteiger partial charge in [0.1, 0.15) is 0 Å². The van der Waals surface area contributed by atoms with Crippen molar-refractivity contribution in [2.75, 3.05) is 20.6 Å². The van der Waals surface area contributed by atoms with Crippen LogP contribution >= 0.6 is 0 Å².